The minimum absolute atomic E-state index is 0.0663. The number of methoxy groups -OCH3 is 2. The number of carbonyl (C=O) groups excluding carboxylic acids is 2. The monoisotopic (exact) mass is 1110 g/mol. The number of pyridine rings is 2. The van der Waals surface area contributed by atoms with E-state index in [0.717, 1.165) is 101 Å². The molecule has 4 fully saturated rings. The molecule has 4 aliphatic rings. The first-order valence-electron chi connectivity index (χ1n) is 25.7. The van der Waals surface area contributed by atoms with Crippen molar-refractivity contribution in [2.45, 2.75) is 52.4 Å². The van der Waals surface area contributed by atoms with E-state index in [9.17, 15) is 9.59 Å². The van der Waals surface area contributed by atoms with Gasteiger partial charge in [0.2, 0.25) is 23.0 Å². The first kappa shape index (κ1) is 56.2. The highest BCUT2D eigenvalue weighted by atomic mass is 35.5. The molecule has 77 heavy (non-hydrogen) atoms. The van der Waals surface area contributed by atoms with Crippen LogP contribution >= 0.6 is 34.8 Å². The second-order valence-corrected chi connectivity index (χ2v) is 20.3. The predicted molar refractivity (Wildman–Crippen MR) is 309 cm³/mol. The van der Waals surface area contributed by atoms with Gasteiger partial charge in [0.25, 0.3) is 0 Å². The topological polar surface area (TPSA) is 211 Å². The van der Waals surface area contributed by atoms with Gasteiger partial charge in [-0.25, -0.2) is 19.9 Å². The summed E-state index contributed by atoms with van der Waals surface area (Å²) in [6.07, 6.45) is 11.1. The minimum Gasteiger partial charge on any atom is -0.495 e. The third-order valence-electron chi connectivity index (χ3n) is 13.7. The van der Waals surface area contributed by atoms with Crippen molar-refractivity contribution in [2.75, 3.05) is 135 Å². The van der Waals surface area contributed by atoms with Gasteiger partial charge in [0, 0.05) is 114 Å². The molecule has 23 heteroatoms. The van der Waals surface area contributed by atoms with Crippen molar-refractivity contribution in [3.8, 4) is 11.5 Å². The van der Waals surface area contributed by atoms with Gasteiger partial charge >= 0.3 is 0 Å². The summed E-state index contributed by atoms with van der Waals surface area (Å²) in [4.78, 5) is 63.2. The fourth-order valence-electron chi connectivity index (χ4n) is 9.40. The number of piperazine rings is 2. The Morgan fingerprint density at radius 2 is 1.04 bits per heavy atom. The Bertz CT molecular complexity index is 3010. The van der Waals surface area contributed by atoms with Gasteiger partial charge in [-0.3, -0.25) is 19.4 Å². The number of nitrogens with zero attached hydrogens (tertiary/aromatic N) is 12. The Morgan fingerprint density at radius 3 is 1.55 bits per heavy atom. The van der Waals surface area contributed by atoms with Crippen molar-refractivity contribution in [3.05, 3.63) is 99.8 Å². The van der Waals surface area contributed by atoms with Crippen LogP contribution in [0.1, 0.15) is 49.7 Å². The molecular formula is C54H67Cl3N16O4. The van der Waals surface area contributed by atoms with Crippen LogP contribution in [0.25, 0.3) is 0 Å². The maximum atomic E-state index is 12.5. The molecule has 20 nitrogen and oxygen atoms in total. The van der Waals surface area contributed by atoms with E-state index in [-0.39, 0.29) is 17.1 Å². The Kier molecular flexibility index (Phi) is 19.3. The van der Waals surface area contributed by atoms with Gasteiger partial charge < -0.3 is 50.8 Å². The van der Waals surface area contributed by atoms with E-state index in [1.165, 1.54) is 17.4 Å². The lowest BCUT2D eigenvalue weighted by Gasteiger charge is -2.35. The van der Waals surface area contributed by atoms with Crippen LogP contribution in [0.4, 0.5) is 63.3 Å². The molecule has 0 saturated carbocycles. The molecule has 0 spiro atoms. The van der Waals surface area contributed by atoms with Crippen LogP contribution in [0.3, 0.4) is 0 Å². The Hall–Kier alpha value is -6.97. The molecule has 4 aliphatic heterocycles. The highest BCUT2D eigenvalue weighted by Gasteiger charge is 2.26. The average molecular weight is 1110 g/mol. The number of nitrogens with one attached hydrogen (secondary N) is 3. The van der Waals surface area contributed by atoms with Crippen molar-refractivity contribution in [2.24, 2.45) is 0 Å². The van der Waals surface area contributed by atoms with Gasteiger partial charge in [0.05, 0.1) is 49.4 Å². The molecular weight excluding hydrogens is 1040 g/mol. The zero-order valence-corrected chi connectivity index (χ0v) is 46.7. The summed E-state index contributed by atoms with van der Waals surface area (Å²) in [6, 6.07) is 15.4. The molecule has 0 radical (unpaired) electrons. The number of likely N-dealkylation sites (N-methyl/N-ethyl adjacent to an activating group) is 2. The van der Waals surface area contributed by atoms with Crippen molar-refractivity contribution in [1.29, 1.82) is 0 Å². The highest BCUT2D eigenvalue weighted by molar-refractivity contribution is 6.34. The first-order valence-corrected chi connectivity index (χ1v) is 26.8. The SMILES string of the molecule is COc1cc(N2CCN(C)CC2)c(C)cc1N.COc1cc(N2CCN(C)CC2)c(C)cc1Nc1ncc(Cl)c(Nc2cccnc2N2CCCCC2=O)n1.O=C1CCCCN1c1ncccc1Nc1nc(Cl)ncc1Cl. The molecule has 6 aromatic rings. The number of hydrogen-bond acceptors (Lipinski definition) is 18. The largest absolute Gasteiger partial charge is 0.495 e. The molecule has 0 aliphatic carbocycles. The normalized spacial score (nSPS) is 16.2. The highest BCUT2D eigenvalue weighted by Crippen LogP contribution is 2.38. The smallest absolute Gasteiger partial charge is 0.229 e. The number of ether oxygens (including phenoxy) is 2. The summed E-state index contributed by atoms with van der Waals surface area (Å²) in [7, 11) is 7.63. The Morgan fingerprint density at radius 1 is 0.558 bits per heavy atom. The number of carbonyl (C=O) groups is 2. The Balaban J connectivity index is 0.000000169. The fourth-order valence-corrected chi connectivity index (χ4v) is 9.81. The second kappa shape index (κ2) is 26.4. The minimum atomic E-state index is 0.0663. The fraction of sp³-hybridized carbons (Fsp3) is 0.407. The van der Waals surface area contributed by atoms with E-state index in [0.29, 0.717) is 88.0 Å². The summed E-state index contributed by atoms with van der Waals surface area (Å²) < 4.78 is 11.0. The number of nitrogen functional groups attached to an aromatic ring is 1. The summed E-state index contributed by atoms with van der Waals surface area (Å²) in [6.45, 7) is 13.8. The third-order valence-corrected chi connectivity index (χ3v) is 14.4. The number of benzene rings is 2. The van der Waals surface area contributed by atoms with Crippen LogP contribution in [0.15, 0.2) is 73.3 Å². The van der Waals surface area contributed by atoms with Gasteiger partial charge in [-0.15, -0.1) is 0 Å². The zero-order chi connectivity index (χ0) is 54.6. The molecule has 408 valence electrons. The van der Waals surface area contributed by atoms with Crippen molar-refractivity contribution in [3.63, 3.8) is 0 Å². The Labute approximate surface area is 465 Å². The number of anilines is 11. The molecule has 4 aromatic heterocycles. The molecule has 10 rings (SSSR count). The van der Waals surface area contributed by atoms with Crippen LogP contribution in [-0.2, 0) is 9.59 Å². The van der Waals surface area contributed by atoms with Gasteiger partial charge in [0.15, 0.2) is 23.3 Å². The lowest BCUT2D eigenvalue weighted by molar-refractivity contribution is -0.120. The van der Waals surface area contributed by atoms with E-state index < -0.39 is 0 Å². The van der Waals surface area contributed by atoms with Gasteiger partial charge in [-0.05, 0) is 113 Å². The molecule has 4 saturated heterocycles. The van der Waals surface area contributed by atoms with Gasteiger partial charge in [-0.2, -0.15) is 9.97 Å². The maximum Gasteiger partial charge on any atom is 0.229 e. The number of piperidine rings is 2. The van der Waals surface area contributed by atoms with Crippen LogP contribution in [0.2, 0.25) is 15.3 Å². The molecule has 2 amide bonds. The van der Waals surface area contributed by atoms with Crippen LogP contribution in [0, 0.1) is 13.8 Å². The number of hydrogen-bond donors (Lipinski definition) is 4. The number of aromatic nitrogens is 6. The second-order valence-electron chi connectivity index (χ2n) is 19.2. The number of rotatable bonds is 12. The predicted octanol–water partition coefficient (Wildman–Crippen LogP) is 9.37. The lowest BCUT2D eigenvalue weighted by Crippen LogP contribution is -2.44. The maximum absolute atomic E-state index is 12.5. The van der Waals surface area contributed by atoms with Crippen molar-refractivity contribution < 1.29 is 19.1 Å². The zero-order valence-electron chi connectivity index (χ0n) is 44.5. The quantitative estimate of drug-likeness (QED) is 0.0664. The summed E-state index contributed by atoms with van der Waals surface area (Å²) in [5.41, 5.74) is 13.4. The molecule has 0 bridgehead atoms. The number of amides is 2. The number of halogens is 3. The summed E-state index contributed by atoms with van der Waals surface area (Å²) >= 11 is 18.3. The molecule has 8 heterocycles. The molecule has 5 N–H and O–H groups in total. The van der Waals surface area contributed by atoms with Crippen LogP contribution < -0.4 is 50.8 Å². The number of aryl methyl sites for hydroxylation is 2. The van der Waals surface area contributed by atoms with Crippen LogP contribution in [-0.4, -0.2) is 145 Å². The van der Waals surface area contributed by atoms with Crippen molar-refractivity contribution >= 4 is 110 Å². The lowest BCUT2D eigenvalue weighted by atomic mass is 10.1. The van der Waals surface area contributed by atoms with E-state index >= 15 is 0 Å². The average Bonchev–Trinajstić information content (AvgIpc) is 3.43. The van der Waals surface area contributed by atoms with Gasteiger partial charge in [0.1, 0.15) is 21.5 Å². The summed E-state index contributed by atoms with van der Waals surface area (Å²) in [5, 5.41) is 10.4. The van der Waals surface area contributed by atoms with Crippen molar-refractivity contribution in [1.82, 2.24) is 39.7 Å². The molecule has 2 aromatic carbocycles. The first-order chi connectivity index (χ1) is 37.2. The standard InChI is InChI=1S/C27H33ClN8O2.C14H13Cl2N5O.C13H21N3O/c1-18-15-21(23(38-3)16-22(18)35-13-11-34(2)12-14-35)32-27-30-17-19(28)25(33-27)31-20-7-6-9-29-26(20)36-10-5-4-8-24(36)37;15-9-8-18-14(16)20-12(9)19-10-4-3-6-17-13(10)21-7-2-1-5-11(21)22;1-10-8-11(14)13(17-3)9-12(10)16-6-4-15(2)5-7-16/h6-7,9,15-17H,4-5,8,10-14H2,1-3H3,(H2,30,31,32,33);3-4,6,8H,1-2,5,7H2,(H,18,19,20);8-9H,4-7,14H2,1-3H3. The number of nitrogens with two attached hydrogens (primary N) is 1. The van der Waals surface area contributed by atoms with E-state index in [4.69, 9.17) is 50.0 Å². The van der Waals surface area contributed by atoms with E-state index in [1.807, 2.05) is 24.3 Å². The van der Waals surface area contributed by atoms with E-state index in [2.05, 4.69) is 112 Å². The van der Waals surface area contributed by atoms with E-state index in [1.54, 1.807) is 48.7 Å². The van der Waals surface area contributed by atoms with Gasteiger partial charge in [-0.1, -0.05) is 23.2 Å². The third kappa shape index (κ3) is 14.3. The molecule has 0 unspecified atom stereocenters. The van der Waals surface area contributed by atoms with Crippen LogP contribution in [0.5, 0.6) is 11.5 Å². The molecule has 0 atom stereocenters. The summed E-state index contributed by atoms with van der Waals surface area (Å²) in [5.74, 6) is 3.89.